The second-order valence-electron chi connectivity index (χ2n) is 8.02. The minimum absolute atomic E-state index is 0.0845. The Morgan fingerprint density at radius 3 is 1.97 bits per heavy atom. The summed E-state index contributed by atoms with van der Waals surface area (Å²) in [6.07, 6.45) is 0.492. The van der Waals surface area contributed by atoms with Crippen LogP contribution in [-0.4, -0.2) is 24.4 Å². The molecule has 32 heavy (non-hydrogen) atoms. The molecule has 162 valence electrons. The SMILES string of the molecule is CC(C)C[C@H](NC(=O)c1ccc(-c2ccccc2-c2ccccc2)cc1)C(=O)NCC#N. The molecule has 3 rings (SSSR count). The van der Waals surface area contributed by atoms with E-state index < -0.39 is 6.04 Å². The highest BCUT2D eigenvalue weighted by Gasteiger charge is 2.22. The van der Waals surface area contributed by atoms with Crippen molar-refractivity contribution in [2.75, 3.05) is 6.54 Å². The van der Waals surface area contributed by atoms with Crippen LogP contribution in [0.2, 0.25) is 0 Å². The Kier molecular flexibility index (Phi) is 7.77. The fourth-order valence-electron chi connectivity index (χ4n) is 3.60. The molecule has 3 aromatic carbocycles. The Balaban J connectivity index is 1.79. The second-order valence-corrected chi connectivity index (χ2v) is 8.02. The molecule has 0 radical (unpaired) electrons. The van der Waals surface area contributed by atoms with Crippen molar-refractivity contribution in [1.29, 1.82) is 5.26 Å². The third-order valence-corrected chi connectivity index (χ3v) is 5.14. The third-order valence-electron chi connectivity index (χ3n) is 5.14. The third kappa shape index (κ3) is 5.83. The Labute approximate surface area is 189 Å². The summed E-state index contributed by atoms with van der Waals surface area (Å²) in [5.74, 6) is -0.447. The number of carbonyl (C=O) groups is 2. The summed E-state index contributed by atoms with van der Waals surface area (Å²) in [6, 6.07) is 26.9. The summed E-state index contributed by atoms with van der Waals surface area (Å²) in [7, 11) is 0. The molecule has 0 bridgehead atoms. The first-order valence-electron chi connectivity index (χ1n) is 10.7. The number of nitrogens with zero attached hydrogens (tertiary/aromatic N) is 1. The number of nitrogens with one attached hydrogen (secondary N) is 2. The van der Waals surface area contributed by atoms with Crippen molar-refractivity contribution in [2.24, 2.45) is 5.92 Å². The van der Waals surface area contributed by atoms with Crippen molar-refractivity contribution in [3.05, 3.63) is 84.4 Å². The summed E-state index contributed by atoms with van der Waals surface area (Å²) >= 11 is 0. The summed E-state index contributed by atoms with van der Waals surface area (Å²) in [4.78, 5) is 25.1. The van der Waals surface area contributed by atoms with Gasteiger partial charge < -0.3 is 10.6 Å². The van der Waals surface area contributed by atoms with Gasteiger partial charge in [-0.1, -0.05) is 80.6 Å². The van der Waals surface area contributed by atoms with E-state index in [-0.39, 0.29) is 24.3 Å². The molecule has 0 spiro atoms. The minimum Gasteiger partial charge on any atom is -0.341 e. The average Bonchev–Trinajstić information content (AvgIpc) is 2.82. The molecule has 0 unspecified atom stereocenters. The lowest BCUT2D eigenvalue weighted by atomic mass is 9.94. The van der Waals surface area contributed by atoms with Crippen molar-refractivity contribution >= 4 is 11.8 Å². The average molecular weight is 426 g/mol. The Morgan fingerprint density at radius 1 is 0.844 bits per heavy atom. The predicted molar refractivity (Wildman–Crippen MR) is 127 cm³/mol. The highest BCUT2D eigenvalue weighted by Crippen LogP contribution is 2.31. The van der Waals surface area contributed by atoms with Gasteiger partial charge in [-0.3, -0.25) is 9.59 Å². The zero-order valence-corrected chi connectivity index (χ0v) is 18.3. The second kappa shape index (κ2) is 10.9. The topological polar surface area (TPSA) is 82.0 Å². The van der Waals surface area contributed by atoms with Crippen molar-refractivity contribution in [1.82, 2.24) is 10.6 Å². The molecule has 5 nitrogen and oxygen atoms in total. The van der Waals surface area contributed by atoms with E-state index in [0.717, 1.165) is 22.3 Å². The van der Waals surface area contributed by atoms with Gasteiger partial charge in [0.05, 0.1) is 6.07 Å². The predicted octanol–water partition coefficient (Wildman–Crippen LogP) is 4.80. The van der Waals surface area contributed by atoms with Crippen LogP contribution in [0.4, 0.5) is 0 Å². The van der Waals surface area contributed by atoms with Gasteiger partial charge in [-0.15, -0.1) is 0 Å². The summed E-state index contributed by atoms with van der Waals surface area (Å²) in [5, 5.41) is 14.0. The van der Waals surface area contributed by atoms with Crippen LogP contribution in [0, 0.1) is 17.2 Å². The number of nitriles is 1. The maximum absolute atomic E-state index is 12.8. The molecule has 0 aliphatic heterocycles. The van der Waals surface area contributed by atoms with Crippen LogP contribution in [0.1, 0.15) is 30.6 Å². The Bertz CT molecular complexity index is 1100. The van der Waals surface area contributed by atoms with Gasteiger partial charge in [0.1, 0.15) is 12.6 Å². The van der Waals surface area contributed by atoms with Crippen molar-refractivity contribution < 1.29 is 9.59 Å². The van der Waals surface area contributed by atoms with Crippen LogP contribution in [0.15, 0.2) is 78.9 Å². The smallest absolute Gasteiger partial charge is 0.251 e. The van der Waals surface area contributed by atoms with Crippen LogP contribution in [0.5, 0.6) is 0 Å². The lowest BCUT2D eigenvalue weighted by molar-refractivity contribution is -0.123. The first-order valence-corrected chi connectivity index (χ1v) is 10.7. The molecule has 0 aliphatic rings. The molecule has 0 aliphatic carbocycles. The minimum atomic E-state index is -0.686. The van der Waals surface area contributed by atoms with Gasteiger partial charge in [0.15, 0.2) is 0 Å². The van der Waals surface area contributed by atoms with Gasteiger partial charge in [0.25, 0.3) is 5.91 Å². The van der Waals surface area contributed by atoms with E-state index >= 15 is 0 Å². The van der Waals surface area contributed by atoms with Crippen LogP contribution in [0.25, 0.3) is 22.3 Å². The number of amides is 2. The van der Waals surface area contributed by atoms with E-state index in [1.165, 1.54) is 0 Å². The normalized spacial score (nSPS) is 11.4. The van der Waals surface area contributed by atoms with Gasteiger partial charge in [-0.25, -0.2) is 0 Å². The summed E-state index contributed by atoms with van der Waals surface area (Å²) in [6.45, 7) is 3.88. The lowest BCUT2D eigenvalue weighted by Crippen LogP contribution is -2.47. The number of carbonyl (C=O) groups excluding carboxylic acids is 2. The number of hydrogen-bond acceptors (Lipinski definition) is 3. The van der Waals surface area contributed by atoms with E-state index in [9.17, 15) is 9.59 Å². The van der Waals surface area contributed by atoms with Crippen LogP contribution >= 0.6 is 0 Å². The summed E-state index contributed by atoms with van der Waals surface area (Å²) < 4.78 is 0. The molecule has 5 heteroatoms. The van der Waals surface area contributed by atoms with Gasteiger partial charge in [-0.2, -0.15) is 5.26 Å². The molecule has 0 saturated carbocycles. The lowest BCUT2D eigenvalue weighted by Gasteiger charge is -2.19. The molecule has 2 amide bonds. The van der Waals surface area contributed by atoms with Crippen LogP contribution in [-0.2, 0) is 4.79 Å². The van der Waals surface area contributed by atoms with E-state index in [1.807, 2.05) is 62.4 Å². The molecule has 0 fully saturated rings. The Morgan fingerprint density at radius 2 is 1.41 bits per heavy atom. The van der Waals surface area contributed by atoms with Crippen LogP contribution < -0.4 is 10.6 Å². The van der Waals surface area contributed by atoms with E-state index in [1.54, 1.807) is 12.1 Å². The summed E-state index contributed by atoms with van der Waals surface area (Å²) in [5.41, 5.74) is 4.82. The van der Waals surface area contributed by atoms with Gasteiger partial charge in [-0.05, 0) is 46.7 Å². The zero-order chi connectivity index (χ0) is 22.9. The number of rotatable bonds is 8. The fraction of sp³-hybridized carbons (Fsp3) is 0.222. The zero-order valence-electron chi connectivity index (χ0n) is 18.3. The van der Waals surface area contributed by atoms with Crippen molar-refractivity contribution in [2.45, 2.75) is 26.3 Å². The number of hydrogen-bond donors (Lipinski definition) is 2. The van der Waals surface area contributed by atoms with Crippen molar-refractivity contribution in [3.63, 3.8) is 0 Å². The molecule has 3 aromatic rings. The maximum Gasteiger partial charge on any atom is 0.251 e. The Hall–Kier alpha value is -3.91. The van der Waals surface area contributed by atoms with E-state index in [2.05, 4.69) is 34.9 Å². The molecule has 2 N–H and O–H groups in total. The first-order chi connectivity index (χ1) is 15.5. The standard InChI is InChI=1S/C27H27N3O2/c1-19(2)18-25(27(32)29-17-16-28)30-26(31)22-14-12-21(13-15-22)24-11-7-6-10-23(24)20-8-4-3-5-9-20/h3-15,19,25H,17-18H2,1-2H3,(H,29,32)(H,30,31)/t25-/m0/s1. The largest absolute Gasteiger partial charge is 0.341 e. The highest BCUT2D eigenvalue weighted by molar-refractivity contribution is 5.98. The molecule has 0 saturated heterocycles. The quantitative estimate of drug-likeness (QED) is 0.509. The molecule has 0 heterocycles. The first kappa shape index (κ1) is 22.8. The van der Waals surface area contributed by atoms with Gasteiger partial charge in [0.2, 0.25) is 5.91 Å². The molecule has 0 aromatic heterocycles. The van der Waals surface area contributed by atoms with Crippen molar-refractivity contribution in [3.8, 4) is 28.3 Å². The highest BCUT2D eigenvalue weighted by atomic mass is 16.2. The number of benzene rings is 3. The molecular weight excluding hydrogens is 398 g/mol. The van der Waals surface area contributed by atoms with E-state index in [4.69, 9.17) is 5.26 Å². The monoisotopic (exact) mass is 425 g/mol. The van der Waals surface area contributed by atoms with Gasteiger partial charge >= 0.3 is 0 Å². The van der Waals surface area contributed by atoms with E-state index in [0.29, 0.717) is 12.0 Å². The fourth-order valence-corrected chi connectivity index (χ4v) is 3.60. The van der Waals surface area contributed by atoms with Crippen LogP contribution in [0.3, 0.4) is 0 Å². The van der Waals surface area contributed by atoms with Gasteiger partial charge in [0, 0.05) is 5.56 Å². The maximum atomic E-state index is 12.8. The molecular formula is C27H27N3O2. The molecule has 1 atom stereocenters.